The van der Waals surface area contributed by atoms with E-state index in [4.69, 9.17) is 9.47 Å². The lowest BCUT2D eigenvalue weighted by Gasteiger charge is -2.15. The standard InChI is InChI=1S/C85H144O5/c1-3-5-7-9-11-13-15-17-19-21-23-25-27-29-31-33-35-37-39-41-42-44-45-47-49-51-53-55-57-59-61-63-65-67-69-71-73-75-77-79-84(87)89-82-83(81-86)90-85(88)80-78-76-74-72-70-68-66-64-62-60-58-56-54-52-50-48-46-43-40-38-36-34-32-30-28-26-24-22-20-18-16-14-12-10-8-6-4-2/h6,8,12,14-15,17-18,20-21,23-24,26-27,29-30,32,36,38,43,46,50,52,56,58,83,86H,3-5,7,9-11,13,16,19,22,25,28,31,33-35,37,39-42,44-45,47-49,51,53-55,57,59-82H2,1-2H3/b8-6-,14-12-,17-15-,20-18-,23-21-,26-24-,29-27-,32-30-,38-36-,46-43-,52-50-,58-56-. The molecule has 0 aliphatic rings. The van der Waals surface area contributed by atoms with E-state index < -0.39 is 6.10 Å². The molecule has 0 amide bonds. The Morgan fingerprint density at radius 3 is 0.722 bits per heavy atom. The van der Waals surface area contributed by atoms with Gasteiger partial charge < -0.3 is 14.6 Å². The number of carbonyl (C=O) groups excluding carboxylic acids is 2. The van der Waals surface area contributed by atoms with Crippen molar-refractivity contribution >= 4 is 11.9 Å². The minimum atomic E-state index is -0.785. The Morgan fingerprint density at radius 1 is 0.267 bits per heavy atom. The van der Waals surface area contributed by atoms with Crippen LogP contribution in [-0.2, 0) is 19.1 Å². The maximum absolute atomic E-state index is 12.4. The highest BCUT2D eigenvalue weighted by Gasteiger charge is 2.16. The second-order valence-corrected chi connectivity index (χ2v) is 25.3. The highest BCUT2D eigenvalue weighted by Crippen LogP contribution is 2.18. The fourth-order valence-corrected chi connectivity index (χ4v) is 10.9. The van der Waals surface area contributed by atoms with Gasteiger partial charge in [0.1, 0.15) is 6.61 Å². The van der Waals surface area contributed by atoms with Crippen LogP contribution >= 0.6 is 0 Å². The quantitative estimate of drug-likeness (QED) is 0.0373. The first kappa shape index (κ1) is 85.8. The van der Waals surface area contributed by atoms with Gasteiger partial charge in [-0.1, -0.05) is 372 Å². The molecule has 90 heavy (non-hydrogen) atoms. The Hall–Kier alpha value is -4.22. The van der Waals surface area contributed by atoms with E-state index in [0.717, 1.165) is 116 Å². The summed E-state index contributed by atoms with van der Waals surface area (Å²) in [4.78, 5) is 24.7. The molecule has 1 unspecified atom stereocenters. The van der Waals surface area contributed by atoms with Crippen molar-refractivity contribution in [3.8, 4) is 0 Å². The SMILES string of the molecule is CC/C=C\C/C=C\C/C=C\C/C=C\C/C=C\C/C=C\C/C=C\C/C=C\C/C=C\CCCCCCCCCCCC(=O)OC(CO)COC(=O)CCCCCCCCCCCCCCCCCCCCCCCCCC/C=C\C/C=C\C/C=C\CCCCCCC. The summed E-state index contributed by atoms with van der Waals surface area (Å²) in [6.07, 6.45) is 119. The molecule has 0 spiro atoms. The minimum absolute atomic E-state index is 0.0720. The average molecular weight is 1250 g/mol. The van der Waals surface area contributed by atoms with E-state index in [0.29, 0.717) is 12.8 Å². The number of rotatable bonds is 70. The first-order chi connectivity index (χ1) is 44.6. The number of aliphatic hydroxyl groups excluding tert-OH is 1. The number of unbranched alkanes of at least 4 members (excludes halogenated alkanes) is 38. The Bertz CT molecular complexity index is 1850. The lowest BCUT2D eigenvalue weighted by molar-refractivity contribution is -0.161. The molecule has 5 nitrogen and oxygen atoms in total. The van der Waals surface area contributed by atoms with Gasteiger partial charge in [0.2, 0.25) is 0 Å². The molecule has 5 heteroatoms. The van der Waals surface area contributed by atoms with E-state index in [1.54, 1.807) is 0 Å². The molecule has 514 valence electrons. The van der Waals surface area contributed by atoms with Crippen molar-refractivity contribution in [2.75, 3.05) is 13.2 Å². The topological polar surface area (TPSA) is 72.8 Å². The van der Waals surface area contributed by atoms with Crippen molar-refractivity contribution in [3.05, 3.63) is 146 Å². The van der Waals surface area contributed by atoms with Crippen LogP contribution in [0.15, 0.2) is 146 Å². The highest BCUT2D eigenvalue weighted by atomic mass is 16.6. The Kier molecular flexibility index (Phi) is 75.3. The predicted molar refractivity (Wildman–Crippen MR) is 398 cm³/mol. The molecule has 0 saturated heterocycles. The van der Waals surface area contributed by atoms with Gasteiger partial charge >= 0.3 is 11.9 Å². The van der Waals surface area contributed by atoms with Crippen LogP contribution in [0.1, 0.15) is 361 Å². The first-order valence-electron chi connectivity index (χ1n) is 38.4. The molecule has 0 heterocycles. The van der Waals surface area contributed by atoms with Gasteiger partial charge in [-0.15, -0.1) is 0 Å². The Labute approximate surface area is 558 Å². The van der Waals surface area contributed by atoms with Crippen molar-refractivity contribution in [2.45, 2.75) is 367 Å². The van der Waals surface area contributed by atoms with Gasteiger partial charge in [-0.05, 0) is 122 Å². The normalized spacial score (nSPS) is 13.1. The van der Waals surface area contributed by atoms with Crippen LogP contribution in [0.5, 0.6) is 0 Å². The third kappa shape index (κ3) is 76.2. The molecule has 0 aromatic heterocycles. The molecule has 0 bridgehead atoms. The molecule has 0 aliphatic heterocycles. The summed E-state index contributed by atoms with van der Waals surface area (Å²) >= 11 is 0. The first-order valence-corrected chi connectivity index (χ1v) is 38.4. The number of ether oxygens (including phenoxy) is 2. The van der Waals surface area contributed by atoms with Crippen LogP contribution in [0.3, 0.4) is 0 Å². The number of allylic oxidation sites excluding steroid dienone is 24. The Morgan fingerprint density at radius 2 is 0.478 bits per heavy atom. The molecule has 0 rings (SSSR count). The van der Waals surface area contributed by atoms with Crippen molar-refractivity contribution < 1.29 is 24.2 Å². The number of aliphatic hydroxyl groups is 1. The molecular formula is C85H144O5. The van der Waals surface area contributed by atoms with Crippen LogP contribution in [0, 0.1) is 0 Å². The molecule has 1 N–H and O–H groups in total. The summed E-state index contributed by atoms with van der Waals surface area (Å²) < 4.78 is 10.8. The highest BCUT2D eigenvalue weighted by molar-refractivity contribution is 5.70. The van der Waals surface area contributed by atoms with E-state index >= 15 is 0 Å². The zero-order chi connectivity index (χ0) is 64.7. The van der Waals surface area contributed by atoms with E-state index in [9.17, 15) is 14.7 Å². The lowest BCUT2D eigenvalue weighted by atomic mass is 10.0. The third-order valence-electron chi connectivity index (χ3n) is 16.6. The maximum atomic E-state index is 12.4. The van der Waals surface area contributed by atoms with Crippen LogP contribution in [0.4, 0.5) is 0 Å². The molecule has 0 aromatic rings. The largest absolute Gasteiger partial charge is 0.462 e. The summed E-state index contributed by atoms with van der Waals surface area (Å²) in [5.41, 5.74) is 0. The Balaban J connectivity index is 3.49. The van der Waals surface area contributed by atoms with E-state index in [2.05, 4.69) is 160 Å². The summed E-state index contributed by atoms with van der Waals surface area (Å²) in [5.74, 6) is -0.591. The zero-order valence-corrected chi connectivity index (χ0v) is 59.1. The zero-order valence-electron chi connectivity index (χ0n) is 59.1. The van der Waals surface area contributed by atoms with E-state index in [-0.39, 0.29) is 25.2 Å². The van der Waals surface area contributed by atoms with Crippen LogP contribution in [-0.4, -0.2) is 36.4 Å². The smallest absolute Gasteiger partial charge is 0.306 e. The van der Waals surface area contributed by atoms with Crippen LogP contribution in [0.2, 0.25) is 0 Å². The average Bonchev–Trinajstić information content (AvgIpc) is 3.62. The van der Waals surface area contributed by atoms with Crippen molar-refractivity contribution in [1.82, 2.24) is 0 Å². The molecule has 0 aliphatic carbocycles. The van der Waals surface area contributed by atoms with Gasteiger partial charge in [0, 0.05) is 12.8 Å². The fraction of sp³-hybridized carbons (Fsp3) is 0.694. The third-order valence-corrected chi connectivity index (χ3v) is 16.6. The van der Waals surface area contributed by atoms with Crippen LogP contribution in [0.25, 0.3) is 0 Å². The van der Waals surface area contributed by atoms with E-state index in [1.165, 1.54) is 218 Å². The summed E-state index contributed by atoms with van der Waals surface area (Å²) in [7, 11) is 0. The molecule has 0 fully saturated rings. The van der Waals surface area contributed by atoms with Gasteiger partial charge in [-0.3, -0.25) is 9.59 Å². The van der Waals surface area contributed by atoms with Crippen molar-refractivity contribution in [3.63, 3.8) is 0 Å². The number of hydrogen-bond acceptors (Lipinski definition) is 5. The molecular weight excluding hydrogens is 1100 g/mol. The van der Waals surface area contributed by atoms with Gasteiger partial charge in [0.05, 0.1) is 6.61 Å². The second kappa shape index (κ2) is 79.0. The summed E-state index contributed by atoms with van der Waals surface area (Å²) in [5, 5.41) is 9.72. The van der Waals surface area contributed by atoms with Gasteiger partial charge in [0.25, 0.3) is 0 Å². The number of esters is 2. The molecule has 0 radical (unpaired) electrons. The van der Waals surface area contributed by atoms with E-state index in [1.807, 2.05) is 0 Å². The van der Waals surface area contributed by atoms with Gasteiger partial charge in [0.15, 0.2) is 6.10 Å². The number of carbonyl (C=O) groups is 2. The van der Waals surface area contributed by atoms with Crippen molar-refractivity contribution in [1.29, 1.82) is 0 Å². The lowest BCUT2D eigenvalue weighted by Crippen LogP contribution is -2.28. The monoisotopic (exact) mass is 1250 g/mol. The fourth-order valence-electron chi connectivity index (χ4n) is 10.9. The van der Waals surface area contributed by atoms with Gasteiger partial charge in [-0.25, -0.2) is 0 Å². The molecule has 1 atom stereocenters. The molecule has 0 saturated carbocycles. The van der Waals surface area contributed by atoms with Crippen LogP contribution < -0.4 is 0 Å². The summed E-state index contributed by atoms with van der Waals surface area (Å²) in [6.45, 7) is 4.04. The number of hydrogen-bond donors (Lipinski definition) is 1. The maximum Gasteiger partial charge on any atom is 0.306 e. The minimum Gasteiger partial charge on any atom is -0.462 e. The summed E-state index contributed by atoms with van der Waals surface area (Å²) in [6, 6.07) is 0. The predicted octanol–water partition coefficient (Wildman–Crippen LogP) is 27.2. The van der Waals surface area contributed by atoms with Gasteiger partial charge in [-0.2, -0.15) is 0 Å². The molecule has 0 aromatic carbocycles. The second-order valence-electron chi connectivity index (χ2n) is 25.3. The van der Waals surface area contributed by atoms with Crippen molar-refractivity contribution in [2.24, 2.45) is 0 Å².